The number of hydrogen-bond donors (Lipinski definition) is 1. The first-order valence-corrected chi connectivity index (χ1v) is 10.3. The van der Waals surface area contributed by atoms with Gasteiger partial charge in [-0.2, -0.15) is 0 Å². The molecule has 8 heteroatoms. The molecular weight excluding hydrogens is 358 g/mol. The molecule has 134 valence electrons. The molecule has 0 saturated carbocycles. The van der Waals surface area contributed by atoms with E-state index in [0.717, 1.165) is 23.8 Å². The van der Waals surface area contributed by atoms with Gasteiger partial charge >= 0.3 is 0 Å². The van der Waals surface area contributed by atoms with Crippen LogP contribution in [-0.4, -0.2) is 50.7 Å². The van der Waals surface area contributed by atoms with Crippen molar-refractivity contribution in [1.29, 1.82) is 0 Å². The summed E-state index contributed by atoms with van der Waals surface area (Å²) >= 11 is 1.77. The van der Waals surface area contributed by atoms with Crippen molar-refractivity contribution in [3.05, 3.63) is 46.2 Å². The molecule has 1 amide bonds. The van der Waals surface area contributed by atoms with Gasteiger partial charge in [0.25, 0.3) is 0 Å². The summed E-state index contributed by atoms with van der Waals surface area (Å²) in [5.74, 6) is -0.0955. The second kappa shape index (κ2) is 7.25. The molecule has 1 N–H and O–H groups in total. The Morgan fingerprint density at radius 1 is 1.24 bits per heavy atom. The third-order valence-electron chi connectivity index (χ3n) is 4.17. The maximum absolute atomic E-state index is 12.2. The van der Waals surface area contributed by atoms with Gasteiger partial charge in [0.1, 0.15) is 0 Å². The van der Waals surface area contributed by atoms with E-state index in [4.69, 9.17) is 0 Å². The number of amides is 1. The summed E-state index contributed by atoms with van der Waals surface area (Å²) in [5, 5.41) is 4.92. The van der Waals surface area contributed by atoms with Crippen LogP contribution in [0.4, 0.5) is 5.69 Å². The van der Waals surface area contributed by atoms with Crippen molar-refractivity contribution in [2.24, 2.45) is 0 Å². The Balaban J connectivity index is 1.58. The Kier molecular flexibility index (Phi) is 5.24. The van der Waals surface area contributed by atoms with Crippen molar-refractivity contribution in [2.45, 2.75) is 17.9 Å². The second-order valence-corrected chi connectivity index (χ2v) is 9.34. The van der Waals surface area contributed by atoms with Gasteiger partial charge in [0.15, 0.2) is 0 Å². The predicted octanol–water partition coefficient (Wildman–Crippen LogP) is 2.00. The van der Waals surface area contributed by atoms with Crippen molar-refractivity contribution in [3.63, 3.8) is 0 Å². The van der Waals surface area contributed by atoms with E-state index < -0.39 is 10.0 Å². The molecule has 2 heterocycles. The summed E-state index contributed by atoms with van der Waals surface area (Å²) in [6.07, 6.45) is 0.984. The zero-order valence-corrected chi connectivity index (χ0v) is 15.9. The summed E-state index contributed by atoms with van der Waals surface area (Å²) in [7, 11) is -0.477. The van der Waals surface area contributed by atoms with E-state index in [1.165, 1.54) is 36.7 Å². The maximum atomic E-state index is 12.2. The molecule has 1 aliphatic rings. The van der Waals surface area contributed by atoms with Gasteiger partial charge in [-0.25, -0.2) is 12.7 Å². The van der Waals surface area contributed by atoms with E-state index in [1.54, 1.807) is 23.5 Å². The minimum atomic E-state index is -3.45. The van der Waals surface area contributed by atoms with Crippen molar-refractivity contribution >= 4 is 33.0 Å². The lowest BCUT2D eigenvalue weighted by molar-refractivity contribution is -0.117. The Morgan fingerprint density at radius 3 is 2.64 bits per heavy atom. The first-order chi connectivity index (χ1) is 11.9. The van der Waals surface area contributed by atoms with Crippen LogP contribution in [0.3, 0.4) is 0 Å². The highest BCUT2D eigenvalue weighted by Gasteiger charge is 2.20. The number of thiophene rings is 1. The average Bonchev–Trinajstić information content (AvgIpc) is 3.02. The minimum absolute atomic E-state index is 0.0955. The molecule has 0 radical (unpaired) electrons. The molecule has 0 fully saturated rings. The fraction of sp³-hybridized carbons (Fsp3) is 0.353. The molecule has 6 nitrogen and oxygen atoms in total. The zero-order chi connectivity index (χ0) is 18.0. The van der Waals surface area contributed by atoms with E-state index in [9.17, 15) is 13.2 Å². The number of rotatable bonds is 5. The predicted molar refractivity (Wildman–Crippen MR) is 99.2 cm³/mol. The van der Waals surface area contributed by atoms with Crippen molar-refractivity contribution < 1.29 is 13.2 Å². The molecule has 0 unspecified atom stereocenters. The van der Waals surface area contributed by atoms with Gasteiger partial charge < -0.3 is 5.32 Å². The Labute approximate surface area is 152 Å². The van der Waals surface area contributed by atoms with Crippen LogP contribution < -0.4 is 5.32 Å². The molecule has 25 heavy (non-hydrogen) atoms. The van der Waals surface area contributed by atoms with E-state index in [-0.39, 0.29) is 10.8 Å². The molecule has 0 bridgehead atoms. The smallest absolute Gasteiger partial charge is 0.242 e. The van der Waals surface area contributed by atoms with Crippen molar-refractivity contribution in [1.82, 2.24) is 9.21 Å². The van der Waals surface area contributed by atoms with Crippen LogP contribution >= 0.6 is 11.3 Å². The zero-order valence-electron chi connectivity index (χ0n) is 14.2. The summed E-state index contributed by atoms with van der Waals surface area (Å²) in [6, 6.07) is 8.35. The van der Waals surface area contributed by atoms with Crippen LogP contribution in [0, 0.1) is 0 Å². The molecule has 0 aliphatic carbocycles. The molecule has 0 spiro atoms. The molecule has 1 aromatic heterocycles. The molecule has 2 aromatic rings. The largest absolute Gasteiger partial charge is 0.325 e. The number of carbonyl (C=O) groups excluding carboxylic acids is 1. The van der Waals surface area contributed by atoms with E-state index in [2.05, 4.69) is 21.7 Å². The van der Waals surface area contributed by atoms with Crippen LogP contribution in [0.15, 0.2) is 40.6 Å². The SMILES string of the molecule is CN(C)S(=O)(=O)c1ccc(NC(=O)CN2CCc3sccc3C2)cc1. The van der Waals surface area contributed by atoms with Crippen LogP contribution in [0.25, 0.3) is 0 Å². The first kappa shape index (κ1) is 18.1. The topological polar surface area (TPSA) is 69.7 Å². The Bertz CT molecular complexity index is 858. The van der Waals surface area contributed by atoms with Gasteiger partial charge in [-0.15, -0.1) is 11.3 Å². The fourth-order valence-corrected chi connectivity index (χ4v) is 4.56. The van der Waals surface area contributed by atoms with Gasteiger partial charge in [0.05, 0.1) is 11.4 Å². The quantitative estimate of drug-likeness (QED) is 0.863. The van der Waals surface area contributed by atoms with Gasteiger partial charge in [-0.05, 0) is 47.7 Å². The van der Waals surface area contributed by atoms with Crippen LogP contribution in [0.1, 0.15) is 10.4 Å². The third kappa shape index (κ3) is 4.09. The number of carbonyl (C=O) groups is 1. The summed E-state index contributed by atoms with van der Waals surface area (Å²) < 4.78 is 25.2. The molecule has 3 rings (SSSR count). The lowest BCUT2D eigenvalue weighted by Gasteiger charge is -2.26. The molecule has 1 aromatic carbocycles. The van der Waals surface area contributed by atoms with Crippen LogP contribution in [0.5, 0.6) is 0 Å². The number of nitrogens with one attached hydrogen (secondary N) is 1. The maximum Gasteiger partial charge on any atom is 0.242 e. The van der Waals surface area contributed by atoms with Gasteiger partial charge in [0, 0.05) is 37.7 Å². The van der Waals surface area contributed by atoms with Crippen LogP contribution in [-0.2, 0) is 27.8 Å². The summed E-state index contributed by atoms with van der Waals surface area (Å²) in [4.78, 5) is 16.0. The second-order valence-electron chi connectivity index (χ2n) is 6.19. The molecule has 0 saturated heterocycles. The average molecular weight is 380 g/mol. The standard InChI is InChI=1S/C17H21N3O3S2/c1-19(2)25(22,23)15-5-3-14(4-6-15)18-17(21)12-20-9-7-16-13(11-20)8-10-24-16/h3-6,8,10H,7,9,11-12H2,1-2H3,(H,18,21). The highest BCUT2D eigenvalue weighted by atomic mass is 32.2. The van der Waals surface area contributed by atoms with E-state index in [1.807, 2.05) is 0 Å². The number of benzene rings is 1. The van der Waals surface area contributed by atoms with Gasteiger partial charge in [-0.1, -0.05) is 0 Å². The number of anilines is 1. The number of sulfonamides is 1. The lowest BCUT2D eigenvalue weighted by Crippen LogP contribution is -2.36. The molecule has 0 atom stereocenters. The number of nitrogens with zero attached hydrogens (tertiary/aromatic N) is 2. The Hall–Kier alpha value is -1.74. The third-order valence-corrected chi connectivity index (χ3v) is 7.02. The highest BCUT2D eigenvalue weighted by molar-refractivity contribution is 7.89. The highest BCUT2D eigenvalue weighted by Crippen LogP contribution is 2.24. The monoisotopic (exact) mass is 379 g/mol. The van der Waals surface area contributed by atoms with Crippen molar-refractivity contribution in [2.75, 3.05) is 32.5 Å². The fourth-order valence-electron chi connectivity index (χ4n) is 2.77. The van der Waals surface area contributed by atoms with Crippen LogP contribution in [0.2, 0.25) is 0 Å². The molecule has 1 aliphatic heterocycles. The van der Waals surface area contributed by atoms with E-state index >= 15 is 0 Å². The number of hydrogen-bond acceptors (Lipinski definition) is 5. The first-order valence-electron chi connectivity index (χ1n) is 7.96. The lowest BCUT2D eigenvalue weighted by atomic mass is 10.1. The number of fused-ring (bicyclic) bond motifs is 1. The minimum Gasteiger partial charge on any atom is -0.325 e. The van der Waals surface area contributed by atoms with Gasteiger partial charge in [0.2, 0.25) is 15.9 Å². The van der Waals surface area contributed by atoms with Gasteiger partial charge in [-0.3, -0.25) is 9.69 Å². The molecular formula is C17H21N3O3S2. The Morgan fingerprint density at radius 2 is 1.96 bits per heavy atom. The van der Waals surface area contributed by atoms with Crippen molar-refractivity contribution in [3.8, 4) is 0 Å². The normalized spacial score (nSPS) is 15.2. The summed E-state index contributed by atoms with van der Waals surface area (Å²) in [6.45, 7) is 2.00. The van der Waals surface area contributed by atoms with E-state index in [0.29, 0.717) is 12.2 Å². The summed E-state index contributed by atoms with van der Waals surface area (Å²) in [5.41, 5.74) is 1.90.